The maximum Gasteiger partial charge on any atom is 0.121 e. The molecular formula is C16H28N2O. The van der Waals surface area contributed by atoms with E-state index in [0.29, 0.717) is 12.1 Å². The lowest BCUT2D eigenvalue weighted by Gasteiger charge is -2.31. The summed E-state index contributed by atoms with van der Waals surface area (Å²) in [5.41, 5.74) is 0. The molecule has 3 nitrogen and oxygen atoms in total. The Morgan fingerprint density at radius 3 is 2.84 bits per heavy atom. The van der Waals surface area contributed by atoms with E-state index in [-0.39, 0.29) is 0 Å². The highest BCUT2D eigenvalue weighted by Crippen LogP contribution is 2.25. The maximum atomic E-state index is 5.80. The van der Waals surface area contributed by atoms with Gasteiger partial charge in [0, 0.05) is 19.1 Å². The molecule has 0 amide bonds. The van der Waals surface area contributed by atoms with Crippen molar-refractivity contribution in [2.45, 2.75) is 52.6 Å². The Hall–Kier alpha value is -0.800. The molecule has 0 spiro atoms. The molecular weight excluding hydrogens is 236 g/mol. The normalized spacial score (nSPS) is 24.9. The predicted octanol–water partition coefficient (Wildman–Crippen LogP) is 3.36. The smallest absolute Gasteiger partial charge is 0.121 e. The molecule has 1 saturated heterocycles. The average molecular weight is 264 g/mol. The summed E-state index contributed by atoms with van der Waals surface area (Å²) in [5, 5.41) is 3.70. The third kappa shape index (κ3) is 3.61. The third-order valence-corrected chi connectivity index (χ3v) is 4.51. The quantitative estimate of drug-likeness (QED) is 0.904. The Morgan fingerprint density at radius 2 is 2.21 bits per heavy atom. The second kappa shape index (κ2) is 6.58. The number of hydrogen-bond donors (Lipinski definition) is 1. The molecule has 1 aliphatic rings. The van der Waals surface area contributed by atoms with Crippen molar-refractivity contribution in [3.63, 3.8) is 0 Å². The molecule has 108 valence electrons. The lowest BCUT2D eigenvalue weighted by atomic mass is 9.98. The van der Waals surface area contributed by atoms with Crippen LogP contribution in [0.2, 0.25) is 0 Å². The topological polar surface area (TPSA) is 28.4 Å². The zero-order valence-electron chi connectivity index (χ0n) is 12.8. The van der Waals surface area contributed by atoms with Crippen molar-refractivity contribution >= 4 is 0 Å². The van der Waals surface area contributed by atoms with Gasteiger partial charge in [-0.05, 0) is 44.9 Å². The van der Waals surface area contributed by atoms with E-state index in [2.05, 4.69) is 43.1 Å². The molecule has 1 fully saturated rings. The van der Waals surface area contributed by atoms with E-state index in [9.17, 15) is 0 Å². The Morgan fingerprint density at radius 1 is 1.42 bits per heavy atom. The summed E-state index contributed by atoms with van der Waals surface area (Å²) in [6, 6.07) is 5.16. The van der Waals surface area contributed by atoms with Gasteiger partial charge >= 0.3 is 0 Å². The van der Waals surface area contributed by atoms with Crippen molar-refractivity contribution < 1.29 is 4.42 Å². The fourth-order valence-corrected chi connectivity index (χ4v) is 2.85. The summed E-state index contributed by atoms with van der Waals surface area (Å²) < 4.78 is 5.80. The van der Waals surface area contributed by atoms with E-state index in [1.54, 1.807) is 0 Å². The lowest BCUT2D eigenvalue weighted by molar-refractivity contribution is 0.169. The first-order valence-corrected chi connectivity index (χ1v) is 7.65. The monoisotopic (exact) mass is 264 g/mol. The predicted molar refractivity (Wildman–Crippen MR) is 79.3 cm³/mol. The molecule has 0 aromatic carbocycles. The number of aryl methyl sites for hydroxylation is 1. The second-order valence-corrected chi connectivity index (χ2v) is 5.92. The largest absolute Gasteiger partial charge is 0.465 e. The van der Waals surface area contributed by atoms with Gasteiger partial charge in [-0.1, -0.05) is 20.3 Å². The lowest BCUT2D eigenvalue weighted by Crippen LogP contribution is -2.42. The first-order chi connectivity index (χ1) is 9.11. The van der Waals surface area contributed by atoms with Crippen molar-refractivity contribution in [1.29, 1.82) is 0 Å². The van der Waals surface area contributed by atoms with E-state index in [0.717, 1.165) is 37.1 Å². The summed E-state index contributed by atoms with van der Waals surface area (Å²) in [7, 11) is 0. The van der Waals surface area contributed by atoms with Gasteiger partial charge in [-0.15, -0.1) is 0 Å². The summed E-state index contributed by atoms with van der Waals surface area (Å²) in [6.45, 7) is 12.3. The first-order valence-electron chi connectivity index (χ1n) is 7.65. The van der Waals surface area contributed by atoms with E-state index in [1.165, 1.54) is 12.8 Å². The second-order valence-electron chi connectivity index (χ2n) is 5.92. The van der Waals surface area contributed by atoms with Crippen molar-refractivity contribution in [3.8, 4) is 0 Å². The van der Waals surface area contributed by atoms with Crippen molar-refractivity contribution in [1.82, 2.24) is 10.2 Å². The molecule has 2 heterocycles. The van der Waals surface area contributed by atoms with Crippen LogP contribution in [0.15, 0.2) is 16.5 Å². The minimum absolute atomic E-state index is 0.375. The first kappa shape index (κ1) is 14.6. The van der Waals surface area contributed by atoms with Gasteiger partial charge in [0.15, 0.2) is 0 Å². The van der Waals surface area contributed by atoms with Gasteiger partial charge in [0.25, 0.3) is 0 Å². The summed E-state index contributed by atoms with van der Waals surface area (Å²) in [6.07, 6.45) is 2.46. The van der Waals surface area contributed by atoms with Crippen LogP contribution < -0.4 is 5.32 Å². The molecule has 3 atom stereocenters. The van der Waals surface area contributed by atoms with Gasteiger partial charge in [0.1, 0.15) is 11.5 Å². The number of hydrogen-bond acceptors (Lipinski definition) is 3. The molecule has 0 aliphatic carbocycles. The van der Waals surface area contributed by atoms with E-state index < -0.39 is 0 Å². The van der Waals surface area contributed by atoms with Gasteiger partial charge in [-0.2, -0.15) is 0 Å². The van der Waals surface area contributed by atoms with Gasteiger partial charge in [-0.25, -0.2) is 0 Å². The minimum Gasteiger partial charge on any atom is -0.465 e. The van der Waals surface area contributed by atoms with Crippen LogP contribution in [0.4, 0.5) is 0 Å². The molecule has 0 saturated carbocycles. The highest BCUT2D eigenvalue weighted by Gasteiger charge is 2.26. The summed E-state index contributed by atoms with van der Waals surface area (Å²) in [5.74, 6) is 2.83. The zero-order valence-corrected chi connectivity index (χ0v) is 12.8. The maximum absolute atomic E-state index is 5.80. The molecule has 19 heavy (non-hydrogen) atoms. The fraction of sp³-hybridized carbons (Fsp3) is 0.750. The van der Waals surface area contributed by atoms with Gasteiger partial charge in [-0.3, -0.25) is 4.90 Å². The molecule has 1 N–H and O–H groups in total. The van der Waals surface area contributed by atoms with Crippen LogP contribution in [0, 0.1) is 12.8 Å². The Kier molecular flexibility index (Phi) is 5.06. The molecule has 1 aliphatic heterocycles. The molecule has 0 radical (unpaired) electrons. The highest BCUT2D eigenvalue weighted by atomic mass is 16.3. The summed E-state index contributed by atoms with van der Waals surface area (Å²) >= 11 is 0. The van der Waals surface area contributed by atoms with Crippen molar-refractivity contribution in [2.24, 2.45) is 5.92 Å². The van der Waals surface area contributed by atoms with Crippen LogP contribution in [0.3, 0.4) is 0 Å². The average Bonchev–Trinajstić information content (AvgIpc) is 2.70. The molecule has 3 unspecified atom stereocenters. The molecule has 1 aromatic rings. The Labute approximate surface area is 117 Å². The molecule has 3 heteroatoms. The number of nitrogens with zero attached hydrogens (tertiary/aromatic N) is 1. The van der Waals surface area contributed by atoms with Gasteiger partial charge in [0.05, 0.1) is 6.04 Å². The van der Waals surface area contributed by atoms with E-state index in [1.807, 2.05) is 6.92 Å². The summed E-state index contributed by atoms with van der Waals surface area (Å²) in [4.78, 5) is 2.56. The van der Waals surface area contributed by atoms with Crippen LogP contribution in [0.5, 0.6) is 0 Å². The van der Waals surface area contributed by atoms with Gasteiger partial charge in [0.2, 0.25) is 0 Å². The highest BCUT2D eigenvalue weighted by molar-refractivity contribution is 5.09. The standard InChI is InChI=1S/C16H28N2O/c1-5-12(2)15-11-18(10-6-9-17-15)14(4)16-8-7-13(3)19-16/h7-8,12,14-15,17H,5-6,9-11H2,1-4H3. The molecule has 1 aromatic heterocycles. The fourth-order valence-electron chi connectivity index (χ4n) is 2.85. The van der Waals surface area contributed by atoms with Crippen LogP contribution in [-0.4, -0.2) is 30.6 Å². The molecule has 0 bridgehead atoms. The minimum atomic E-state index is 0.375. The number of furan rings is 1. The van der Waals surface area contributed by atoms with Crippen molar-refractivity contribution in [2.75, 3.05) is 19.6 Å². The van der Waals surface area contributed by atoms with Crippen LogP contribution >= 0.6 is 0 Å². The van der Waals surface area contributed by atoms with E-state index in [4.69, 9.17) is 4.42 Å². The number of nitrogens with one attached hydrogen (secondary N) is 1. The van der Waals surface area contributed by atoms with Crippen molar-refractivity contribution in [3.05, 3.63) is 23.7 Å². The van der Waals surface area contributed by atoms with Crippen LogP contribution in [0.1, 0.15) is 51.2 Å². The third-order valence-electron chi connectivity index (χ3n) is 4.51. The molecule has 2 rings (SSSR count). The van der Waals surface area contributed by atoms with Crippen LogP contribution in [-0.2, 0) is 0 Å². The van der Waals surface area contributed by atoms with E-state index >= 15 is 0 Å². The zero-order chi connectivity index (χ0) is 13.8. The van der Waals surface area contributed by atoms with Crippen LogP contribution in [0.25, 0.3) is 0 Å². The SMILES string of the molecule is CCC(C)C1CN(C(C)c2ccc(C)o2)CCCN1. The number of rotatable bonds is 4. The van der Waals surface area contributed by atoms with Gasteiger partial charge < -0.3 is 9.73 Å². The Balaban J connectivity index is 2.05. The Bertz CT molecular complexity index is 388.